The van der Waals surface area contributed by atoms with Gasteiger partial charge in [0.25, 0.3) is 0 Å². The minimum absolute atomic E-state index is 0.142. The van der Waals surface area contributed by atoms with E-state index in [2.05, 4.69) is 0 Å². The van der Waals surface area contributed by atoms with E-state index in [1.165, 1.54) is 6.92 Å². The smallest absolute Gasteiger partial charge is 0.205 e. The second-order valence-corrected chi connectivity index (χ2v) is 3.24. The highest BCUT2D eigenvalue weighted by atomic mass is 35.5. The van der Waals surface area contributed by atoms with Crippen LogP contribution in [0.3, 0.4) is 0 Å². The molecule has 0 aromatic heterocycles. The molecule has 82 valence electrons. The highest BCUT2D eigenvalue weighted by molar-refractivity contribution is 6.30. The van der Waals surface area contributed by atoms with Crippen molar-refractivity contribution in [3.63, 3.8) is 0 Å². The summed E-state index contributed by atoms with van der Waals surface area (Å²) < 4.78 is 50.0. The molecule has 0 spiro atoms. The lowest BCUT2D eigenvalue weighted by Gasteiger charge is -2.11. The Morgan fingerprint density at radius 3 is 2.33 bits per heavy atom. The number of rotatable bonds is 1. The lowest BCUT2D eigenvalue weighted by Crippen LogP contribution is -2.10. The van der Waals surface area contributed by atoms with Gasteiger partial charge in [0.2, 0.25) is 0 Å². The van der Waals surface area contributed by atoms with Gasteiger partial charge in [-0.3, -0.25) is 0 Å². The fraction of sp³-hybridized carbons (Fsp3) is 0.200. The first kappa shape index (κ1) is 12.0. The first-order valence-electron chi connectivity index (χ1n) is 4.05. The monoisotopic (exact) mass is 238 g/mol. The lowest BCUT2D eigenvalue weighted by atomic mass is 10.1. The standard InChI is InChI=1S/C10H7ClF4/c1-2-7(10(13,14)15)6-3-4-9(12)8(11)5-6/h2-5H,1H3. The Balaban J connectivity index is 3.21. The van der Waals surface area contributed by atoms with Gasteiger partial charge in [0.1, 0.15) is 5.82 Å². The molecule has 0 bridgehead atoms. The largest absolute Gasteiger partial charge is 0.416 e. The van der Waals surface area contributed by atoms with Gasteiger partial charge >= 0.3 is 6.18 Å². The Bertz CT molecular complexity index is 393. The van der Waals surface area contributed by atoms with Gasteiger partial charge in [0.15, 0.2) is 0 Å². The summed E-state index contributed by atoms with van der Waals surface area (Å²) in [4.78, 5) is 0. The van der Waals surface area contributed by atoms with Crippen LogP contribution in [0.4, 0.5) is 17.6 Å². The maximum absolute atomic E-state index is 12.7. The molecule has 0 aliphatic rings. The quantitative estimate of drug-likeness (QED) is 0.635. The molecule has 0 N–H and O–H groups in total. The molecule has 0 aliphatic carbocycles. The van der Waals surface area contributed by atoms with Crippen LogP contribution in [0.25, 0.3) is 5.57 Å². The number of allylic oxidation sites excluding steroid dienone is 2. The summed E-state index contributed by atoms with van der Waals surface area (Å²) in [7, 11) is 0. The number of alkyl halides is 3. The fourth-order valence-electron chi connectivity index (χ4n) is 1.16. The van der Waals surface area contributed by atoms with Crippen molar-refractivity contribution in [1.82, 2.24) is 0 Å². The first-order valence-corrected chi connectivity index (χ1v) is 4.43. The Morgan fingerprint density at radius 2 is 1.93 bits per heavy atom. The summed E-state index contributed by atoms with van der Waals surface area (Å²) >= 11 is 5.40. The molecule has 15 heavy (non-hydrogen) atoms. The molecule has 0 saturated heterocycles. The number of benzene rings is 1. The summed E-state index contributed by atoms with van der Waals surface area (Å²) in [5, 5.41) is -0.323. The van der Waals surface area contributed by atoms with Crippen molar-refractivity contribution < 1.29 is 17.6 Å². The van der Waals surface area contributed by atoms with Crippen LogP contribution < -0.4 is 0 Å². The summed E-state index contributed by atoms with van der Waals surface area (Å²) in [6.07, 6.45) is -3.54. The van der Waals surface area contributed by atoms with Crippen LogP contribution in [0.15, 0.2) is 24.3 Å². The molecule has 1 aromatic carbocycles. The second kappa shape index (κ2) is 4.23. The topological polar surface area (TPSA) is 0 Å². The molecule has 0 radical (unpaired) electrons. The molecule has 0 heterocycles. The highest BCUT2D eigenvalue weighted by Crippen LogP contribution is 2.34. The van der Waals surface area contributed by atoms with E-state index in [0.29, 0.717) is 0 Å². The SMILES string of the molecule is CC=C(c1ccc(F)c(Cl)c1)C(F)(F)F. The molecule has 0 fully saturated rings. The summed E-state index contributed by atoms with van der Waals surface area (Å²) in [6.45, 7) is 1.26. The van der Waals surface area contributed by atoms with E-state index in [1.807, 2.05) is 0 Å². The van der Waals surface area contributed by atoms with E-state index in [4.69, 9.17) is 11.6 Å². The molecule has 0 nitrogen and oxygen atoms in total. The molecular formula is C10H7ClF4. The lowest BCUT2D eigenvalue weighted by molar-refractivity contribution is -0.0689. The van der Waals surface area contributed by atoms with Crippen LogP contribution in [0.2, 0.25) is 5.02 Å². The van der Waals surface area contributed by atoms with Crippen molar-refractivity contribution in [3.8, 4) is 0 Å². The van der Waals surface area contributed by atoms with Gasteiger partial charge in [-0.25, -0.2) is 4.39 Å². The minimum atomic E-state index is -4.46. The van der Waals surface area contributed by atoms with Gasteiger partial charge in [0.05, 0.1) is 10.6 Å². The normalized spacial score (nSPS) is 13.1. The molecule has 0 aliphatic heterocycles. The highest BCUT2D eigenvalue weighted by Gasteiger charge is 2.34. The van der Waals surface area contributed by atoms with Gasteiger partial charge in [-0.15, -0.1) is 0 Å². The van der Waals surface area contributed by atoms with Crippen LogP contribution in [-0.4, -0.2) is 6.18 Å². The number of hydrogen-bond acceptors (Lipinski definition) is 0. The Morgan fingerprint density at radius 1 is 1.33 bits per heavy atom. The van der Waals surface area contributed by atoms with E-state index in [0.717, 1.165) is 24.3 Å². The van der Waals surface area contributed by atoms with E-state index >= 15 is 0 Å². The van der Waals surface area contributed by atoms with E-state index < -0.39 is 17.6 Å². The third-order valence-electron chi connectivity index (χ3n) is 1.82. The first-order chi connectivity index (χ1) is 6.86. The zero-order valence-corrected chi connectivity index (χ0v) is 8.46. The summed E-state index contributed by atoms with van der Waals surface area (Å²) in [5.41, 5.74) is -0.971. The van der Waals surface area contributed by atoms with Crippen LogP contribution in [0.1, 0.15) is 12.5 Å². The average Bonchev–Trinajstić information content (AvgIpc) is 2.10. The number of hydrogen-bond donors (Lipinski definition) is 0. The summed E-state index contributed by atoms with van der Waals surface area (Å²) in [5.74, 6) is -0.738. The third-order valence-corrected chi connectivity index (χ3v) is 2.11. The van der Waals surface area contributed by atoms with Crippen molar-refractivity contribution >= 4 is 17.2 Å². The van der Waals surface area contributed by atoms with Gasteiger partial charge in [-0.1, -0.05) is 23.7 Å². The predicted octanol–water partition coefficient (Wildman–Crippen LogP) is 4.44. The molecule has 0 atom stereocenters. The predicted molar refractivity (Wildman–Crippen MR) is 51.1 cm³/mol. The zero-order valence-electron chi connectivity index (χ0n) is 7.70. The maximum Gasteiger partial charge on any atom is 0.416 e. The van der Waals surface area contributed by atoms with E-state index in [-0.39, 0.29) is 10.6 Å². The van der Waals surface area contributed by atoms with Crippen molar-refractivity contribution in [3.05, 3.63) is 40.7 Å². The van der Waals surface area contributed by atoms with Crippen molar-refractivity contribution in [2.45, 2.75) is 13.1 Å². The Labute approximate surface area is 89.2 Å². The molecule has 0 unspecified atom stereocenters. The van der Waals surface area contributed by atoms with Crippen molar-refractivity contribution in [1.29, 1.82) is 0 Å². The third kappa shape index (κ3) is 2.72. The van der Waals surface area contributed by atoms with Crippen LogP contribution >= 0.6 is 11.6 Å². The maximum atomic E-state index is 12.7. The molecule has 0 amide bonds. The van der Waals surface area contributed by atoms with Crippen molar-refractivity contribution in [2.24, 2.45) is 0 Å². The zero-order chi connectivity index (χ0) is 11.6. The molecule has 1 aromatic rings. The molecule has 5 heteroatoms. The van der Waals surface area contributed by atoms with Gasteiger partial charge in [0, 0.05) is 0 Å². The van der Waals surface area contributed by atoms with Gasteiger partial charge < -0.3 is 0 Å². The van der Waals surface area contributed by atoms with Crippen LogP contribution in [-0.2, 0) is 0 Å². The summed E-state index contributed by atoms with van der Waals surface area (Å²) in [6, 6.07) is 2.91. The average molecular weight is 239 g/mol. The van der Waals surface area contributed by atoms with Gasteiger partial charge in [-0.05, 0) is 24.6 Å². The van der Waals surface area contributed by atoms with Gasteiger partial charge in [-0.2, -0.15) is 13.2 Å². The van der Waals surface area contributed by atoms with Crippen molar-refractivity contribution in [2.75, 3.05) is 0 Å². The molecule has 1 rings (SSSR count). The second-order valence-electron chi connectivity index (χ2n) is 2.83. The minimum Gasteiger partial charge on any atom is -0.205 e. The van der Waals surface area contributed by atoms with Crippen LogP contribution in [0.5, 0.6) is 0 Å². The van der Waals surface area contributed by atoms with E-state index in [9.17, 15) is 17.6 Å². The van der Waals surface area contributed by atoms with Crippen LogP contribution in [0, 0.1) is 5.82 Å². The number of halogens is 5. The Hall–Kier alpha value is -1.03. The van der Waals surface area contributed by atoms with E-state index in [1.54, 1.807) is 0 Å². The Kier molecular flexibility index (Phi) is 3.39. The molecular weight excluding hydrogens is 232 g/mol. The fourth-order valence-corrected chi connectivity index (χ4v) is 1.34. The molecule has 0 saturated carbocycles.